The lowest BCUT2D eigenvalue weighted by atomic mass is 9.85. The van der Waals surface area contributed by atoms with Gasteiger partial charge >= 0.3 is 0 Å². The minimum Gasteiger partial charge on any atom is -0.484 e. The summed E-state index contributed by atoms with van der Waals surface area (Å²) < 4.78 is 39.0. The number of ether oxygens (including phenoxy) is 2. The maximum atomic E-state index is 13.7. The Morgan fingerprint density at radius 3 is 2.76 bits per heavy atom. The van der Waals surface area contributed by atoms with E-state index in [0.717, 1.165) is 25.5 Å². The Morgan fingerprint density at radius 2 is 2.10 bits per heavy atom. The van der Waals surface area contributed by atoms with Gasteiger partial charge in [-0.2, -0.15) is 4.39 Å². The molecule has 1 aromatic rings. The van der Waals surface area contributed by atoms with Gasteiger partial charge in [0, 0.05) is 23.5 Å². The number of nitrogens with one attached hydrogen (secondary N) is 1. The van der Waals surface area contributed by atoms with Gasteiger partial charge in [-0.25, -0.2) is 4.39 Å². The highest BCUT2D eigenvalue weighted by atomic mass is 79.9. The molecule has 1 fully saturated rings. The zero-order valence-electron chi connectivity index (χ0n) is 12.2. The molecule has 1 aromatic carbocycles. The van der Waals surface area contributed by atoms with Gasteiger partial charge in [-0.3, -0.25) is 0 Å². The second kappa shape index (κ2) is 7.51. The van der Waals surface area contributed by atoms with Crippen LogP contribution in [0.15, 0.2) is 16.6 Å². The van der Waals surface area contributed by atoms with Crippen LogP contribution in [0.3, 0.4) is 0 Å². The van der Waals surface area contributed by atoms with Crippen molar-refractivity contribution < 1.29 is 18.3 Å². The molecule has 6 heteroatoms. The zero-order chi connectivity index (χ0) is 15.4. The first-order chi connectivity index (χ1) is 10.1. The van der Waals surface area contributed by atoms with Gasteiger partial charge in [0.2, 0.25) is 5.82 Å². The van der Waals surface area contributed by atoms with Crippen molar-refractivity contribution in [2.24, 2.45) is 0 Å². The average molecular weight is 364 g/mol. The molecule has 0 radical (unpaired) electrons. The Hall–Kier alpha value is -0.720. The van der Waals surface area contributed by atoms with E-state index in [-0.39, 0.29) is 24.0 Å². The molecule has 3 nitrogen and oxygen atoms in total. The standard InChI is InChI=1S/C15H20BrF2NO2/c1-3-5-20-15-11(19-4-2)8-13(15)21-12-7-9(16)6-10(17)14(12)18/h6-7,11,13,15,19H,3-5,8H2,1-2H3. The van der Waals surface area contributed by atoms with Crippen LogP contribution in [0.1, 0.15) is 26.7 Å². The van der Waals surface area contributed by atoms with Crippen molar-refractivity contribution in [3.05, 3.63) is 28.2 Å². The maximum Gasteiger partial charge on any atom is 0.200 e. The van der Waals surface area contributed by atoms with Crippen molar-refractivity contribution in [3.63, 3.8) is 0 Å². The summed E-state index contributed by atoms with van der Waals surface area (Å²) in [6.45, 7) is 5.51. The predicted molar refractivity (Wildman–Crippen MR) is 80.6 cm³/mol. The fourth-order valence-electron chi connectivity index (χ4n) is 2.42. The van der Waals surface area contributed by atoms with Crippen molar-refractivity contribution in [2.75, 3.05) is 13.2 Å². The van der Waals surface area contributed by atoms with Crippen LogP contribution in [0.2, 0.25) is 0 Å². The highest BCUT2D eigenvalue weighted by Gasteiger charge is 2.43. The molecule has 3 atom stereocenters. The van der Waals surface area contributed by atoms with Crippen LogP contribution in [-0.4, -0.2) is 31.4 Å². The van der Waals surface area contributed by atoms with Crippen molar-refractivity contribution in [2.45, 2.75) is 44.9 Å². The number of hydrogen-bond donors (Lipinski definition) is 1. The molecule has 21 heavy (non-hydrogen) atoms. The number of likely N-dealkylation sites (N-methyl/N-ethyl adjacent to an activating group) is 1. The molecule has 1 N–H and O–H groups in total. The summed E-state index contributed by atoms with van der Waals surface area (Å²) in [5, 5.41) is 3.31. The average Bonchev–Trinajstić information content (AvgIpc) is 2.43. The number of rotatable bonds is 7. The van der Waals surface area contributed by atoms with Gasteiger partial charge < -0.3 is 14.8 Å². The normalized spacial score (nSPS) is 24.7. The Bertz CT molecular complexity index is 487. The lowest BCUT2D eigenvalue weighted by molar-refractivity contribution is -0.108. The number of halogens is 3. The van der Waals surface area contributed by atoms with Gasteiger partial charge in [0.1, 0.15) is 12.2 Å². The highest BCUT2D eigenvalue weighted by molar-refractivity contribution is 9.10. The van der Waals surface area contributed by atoms with E-state index in [9.17, 15) is 8.78 Å². The largest absolute Gasteiger partial charge is 0.484 e. The van der Waals surface area contributed by atoms with Gasteiger partial charge in [-0.05, 0) is 25.1 Å². The van der Waals surface area contributed by atoms with Crippen LogP contribution in [0.5, 0.6) is 5.75 Å². The minimum absolute atomic E-state index is 0.0769. The third kappa shape index (κ3) is 3.93. The Kier molecular flexibility index (Phi) is 5.96. The lowest BCUT2D eigenvalue weighted by Gasteiger charge is -2.44. The van der Waals surface area contributed by atoms with E-state index in [4.69, 9.17) is 9.47 Å². The van der Waals surface area contributed by atoms with Crippen LogP contribution >= 0.6 is 15.9 Å². The fourth-order valence-corrected chi connectivity index (χ4v) is 2.83. The summed E-state index contributed by atoms with van der Waals surface area (Å²) >= 11 is 3.14. The van der Waals surface area contributed by atoms with E-state index in [1.165, 1.54) is 6.07 Å². The Labute approximate surface area is 132 Å². The third-order valence-corrected chi connectivity index (χ3v) is 3.93. The van der Waals surface area contributed by atoms with E-state index >= 15 is 0 Å². The van der Waals surface area contributed by atoms with E-state index in [2.05, 4.69) is 21.2 Å². The number of benzene rings is 1. The van der Waals surface area contributed by atoms with Gasteiger partial charge in [-0.15, -0.1) is 0 Å². The molecule has 0 amide bonds. The van der Waals surface area contributed by atoms with Crippen LogP contribution in [-0.2, 0) is 4.74 Å². The van der Waals surface area contributed by atoms with Crippen molar-refractivity contribution in [1.82, 2.24) is 5.32 Å². The Balaban J connectivity index is 2.05. The van der Waals surface area contributed by atoms with Crippen LogP contribution in [0, 0.1) is 11.6 Å². The third-order valence-electron chi connectivity index (χ3n) is 3.47. The molecular formula is C15H20BrF2NO2. The van der Waals surface area contributed by atoms with Crippen molar-refractivity contribution >= 4 is 15.9 Å². The predicted octanol–water partition coefficient (Wildman–Crippen LogP) is 3.65. The summed E-state index contributed by atoms with van der Waals surface area (Å²) in [6, 6.07) is 2.72. The van der Waals surface area contributed by atoms with E-state index in [1.807, 2.05) is 13.8 Å². The molecule has 0 spiro atoms. The molecule has 0 aromatic heterocycles. The molecule has 118 valence electrons. The SMILES string of the molecule is CCCOC1C(NCC)CC1Oc1cc(Br)cc(F)c1F. The molecule has 0 heterocycles. The molecule has 1 saturated carbocycles. The monoisotopic (exact) mass is 363 g/mol. The molecule has 0 saturated heterocycles. The first-order valence-corrected chi connectivity index (χ1v) is 8.02. The van der Waals surface area contributed by atoms with Gasteiger partial charge in [0.25, 0.3) is 0 Å². The summed E-state index contributed by atoms with van der Waals surface area (Å²) in [4.78, 5) is 0. The van der Waals surface area contributed by atoms with Crippen LogP contribution in [0.25, 0.3) is 0 Å². The zero-order valence-corrected chi connectivity index (χ0v) is 13.8. The smallest absolute Gasteiger partial charge is 0.200 e. The summed E-state index contributed by atoms with van der Waals surface area (Å²) in [5.41, 5.74) is 0. The van der Waals surface area contributed by atoms with Crippen LogP contribution in [0.4, 0.5) is 8.78 Å². The molecule has 0 bridgehead atoms. The van der Waals surface area contributed by atoms with E-state index in [0.29, 0.717) is 11.1 Å². The van der Waals surface area contributed by atoms with Gasteiger partial charge in [-0.1, -0.05) is 29.8 Å². The van der Waals surface area contributed by atoms with E-state index < -0.39 is 11.6 Å². The molecule has 2 rings (SSSR count). The fraction of sp³-hybridized carbons (Fsp3) is 0.600. The van der Waals surface area contributed by atoms with Crippen molar-refractivity contribution in [1.29, 1.82) is 0 Å². The topological polar surface area (TPSA) is 30.5 Å². The molecule has 1 aliphatic rings. The first kappa shape index (κ1) is 16.6. The quantitative estimate of drug-likeness (QED) is 0.750. The van der Waals surface area contributed by atoms with E-state index in [1.54, 1.807) is 0 Å². The van der Waals surface area contributed by atoms with Crippen LogP contribution < -0.4 is 10.1 Å². The summed E-state index contributed by atoms with van der Waals surface area (Å²) in [5.74, 6) is -1.96. The second-order valence-corrected chi connectivity index (χ2v) is 6.01. The first-order valence-electron chi connectivity index (χ1n) is 7.23. The lowest BCUT2D eigenvalue weighted by Crippen LogP contribution is -2.61. The van der Waals surface area contributed by atoms with Gasteiger partial charge in [0.05, 0.1) is 0 Å². The number of hydrogen-bond acceptors (Lipinski definition) is 3. The summed E-state index contributed by atoms with van der Waals surface area (Å²) in [6.07, 6.45) is 1.23. The van der Waals surface area contributed by atoms with Crippen molar-refractivity contribution in [3.8, 4) is 5.75 Å². The molecule has 3 unspecified atom stereocenters. The highest BCUT2D eigenvalue weighted by Crippen LogP contribution is 2.32. The van der Waals surface area contributed by atoms with Gasteiger partial charge in [0.15, 0.2) is 11.6 Å². The second-order valence-electron chi connectivity index (χ2n) is 5.09. The molecule has 0 aliphatic heterocycles. The molecule has 1 aliphatic carbocycles. The maximum absolute atomic E-state index is 13.7. The Morgan fingerprint density at radius 1 is 1.33 bits per heavy atom. The molecular weight excluding hydrogens is 344 g/mol. The summed E-state index contributed by atoms with van der Waals surface area (Å²) in [7, 11) is 0. The minimum atomic E-state index is -0.959.